The second kappa shape index (κ2) is 8.26. The summed E-state index contributed by atoms with van der Waals surface area (Å²) >= 11 is 0. The molecule has 1 aliphatic heterocycles. The van der Waals surface area contributed by atoms with Gasteiger partial charge in [-0.15, -0.1) is 0 Å². The van der Waals surface area contributed by atoms with Crippen molar-refractivity contribution in [3.8, 4) is 0 Å². The fraction of sp³-hybridized carbons (Fsp3) is 0.591. The lowest BCUT2D eigenvalue weighted by atomic mass is 9.73. The van der Waals surface area contributed by atoms with E-state index in [0.717, 1.165) is 48.8 Å². The van der Waals surface area contributed by atoms with Crippen molar-refractivity contribution in [2.75, 3.05) is 26.2 Å². The molecule has 2 amide bonds. The maximum atomic E-state index is 12.7. The van der Waals surface area contributed by atoms with Crippen molar-refractivity contribution in [1.29, 1.82) is 0 Å². The Morgan fingerprint density at radius 3 is 2.77 bits per heavy atom. The summed E-state index contributed by atoms with van der Waals surface area (Å²) in [4.78, 5) is 31.4. The molecule has 8 nitrogen and oxygen atoms in total. The quantitative estimate of drug-likeness (QED) is 0.559. The Morgan fingerprint density at radius 1 is 1.33 bits per heavy atom. The van der Waals surface area contributed by atoms with Gasteiger partial charge in [0.15, 0.2) is 0 Å². The van der Waals surface area contributed by atoms with E-state index in [-0.39, 0.29) is 28.6 Å². The number of amides is 2. The molecule has 1 aromatic heterocycles. The van der Waals surface area contributed by atoms with Gasteiger partial charge in [0.05, 0.1) is 10.4 Å². The number of urea groups is 1. The van der Waals surface area contributed by atoms with Crippen molar-refractivity contribution in [2.24, 2.45) is 0 Å². The number of H-pyrrole nitrogens is 1. The van der Waals surface area contributed by atoms with Crippen LogP contribution in [0.15, 0.2) is 18.3 Å². The zero-order valence-electron chi connectivity index (χ0n) is 18.0. The first kappa shape index (κ1) is 20.7. The van der Waals surface area contributed by atoms with Crippen molar-refractivity contribution in [3.63, 3.8) is 0 Å². The number of nitrogens with one attached hydrogen (secondary N) is 2. The van der Waals surface area contributed by atoms with Gasteiger partial charge in [-0.3, -0.25) is 15.0 Å². The van der Waals surface area contributed by atoms with Crippen molar-refractivity contribution >= 4 is 22.6 Å². The number of piperidine rings is 1. The van der Waals surface area contributed by atoms with Crippen LogP contribution in [0.4, 0.5) is 10.5 Å². The van der Waals surface area contributed by atoms with E-state index in [1.165, 1.54) is 5.56 Å². The number of likely N-dealkylation sites (tertiary alicyclic amines) is 1. The standard InChI is InChI=1S/C22H31N5O3/c1-4-7-26-13-15(24-22(28)25(5-2)6-3)9-17-18-10-16(27(29)30)11-19-21(18)14(12-23-19)8-20(17)26/h10-12,15,17,20,23H,4-9,13H2,1-3H3,(H,24,28)/t15-,17?,20+/m0/s1. The molecular weight excluding hydrogens is 382 g/mol. The molecular formula is C22H31N5O3. The molecule has 2 heterocycles. The molecule has 0 spiro atoms. The van der Waals surface area contributed by atoms with Crippen LogP contribution in [0.5, 0.6) is 0 Å². The molecule has 4 rings (SSSR count). The highest BCUT2D eigenvalue weighted by atomic mass is 16.6. The largest absolute Gasteiger partial charge is 0.361 e. The van der Waals surface area contributed by atoms with Gasteiger partial charge in [0, 0.05) is 61.4 Å². The van der Waals surface area contributed by atoms with Gasteiger partial charge >= 0.3 is 6.03 Å². The maximum absolute atomic E-state index is 12.7. The number of nitro benzene ring substituents is 1. The third-order valence-corrected chi connectivity index (χ3v) is 6.73. The number of hydrogen-bond acceptors (Lipinski definition) is 4. The lowest BCUT2D eigenvalue weighted by molar-refractivity contribution is -0.384. The lowest BCUT2D eigenvalue weighted by Gasteiger charge is -2.47. The van der Waals surface area contributed by atoms with Gasteiger partial charge in [0.2, 0.25) is 0 Å². The lowest BCUT2D eigenvalue weighted by Crippen LogP contribution is -2.57. The van der Waals surface area contributed by atoms with Crippen molar-refractivity contribution in [2.45, 2.75) is 58.0 Å². The van der Waals surface area contributed by atoms with Crippen LogP contribution < -0.4 is 5.32 Å². The van der Waals surface area contributed by atoms with Crippen LogP contribution in [0, 0.1) is 10.1 Å². The number of carbonyl (C=O) groups excluding carboxylic acids is 1. The van der Waals surface area contributed by atoms with Crippen LogP contribution in [0.3, 0.4) is 0 Å². The molecule has 2 aliphatic rings. The molecule has 1 aromatic carbocycles. The van der Waals surface area contributed by atoms with Crippen LogP contribution in [-0.4, -0.2) is 64.0 Å². The zero-order valence-corrected chi connectivity index (χ0v) is 18.0. The van der Waals surface area contributed by atoms with Gasteiger partial charge < -0.3 is 15.2 Å². The third-order valence-electron chi connectivity index (χ3n) is 6.73. The number of rotatable bonds is 6. The van der Waals surface area contributed by atoms with E-state index in [2.05, 4.69) is 22.1 Å². The van der Waals surface area contributed by atoms with Gasteiger partial charge in [-0.1, -0.05) is 6.92 Å². The number of benzene rings is 1. The molecule has 8 heteroatoms. The van der Waals surface area contributed by atoms with Crippen LogP contribution in [-0.2, 0) is 6.42 Å². The Labute approximate surface area is 176 Å². The summed E-state index contributed by atoms with van der Waals surface area (Å²) in [6.45, 7) is 9.27. The number of aromatic nitrogens is 1. The van der Waals surface area contributed by atoms with Crippen LogP contribution in [0.2, 0.25) is 0 Å². The van der Waals surface area contributed by atoms with E-state index in [1.54, 1.807) is 17.0 Å². The molecule has 2 N–H and O–H groups in total. The van der Waals surface area contributed by atoms with Crippen molar-refractivity contribution in [1.82, 2.24) is 20.1 Å². The monoisotopic (exact) mass is 413 g/mol. The molecule has 1 unspecified atom stereocenters. The first-order chi connectivity index (χ1) is 14.5. The Morgan fingerprint density at radius 2 is 2.10 bits per heavy atom. The van der Waals surface area contributed by atoms with Crippen LogP contribution in [0.25, 0.3) is 10.9 Å². The first-order valence-electron chi connectivity index (χ1n) is 11.0. The minimum atomic E-state index is -0.313. The highest BCUT2D eigenvalue weighted by Crippen LogP contribution is 2.45. The Hall–Kier alpha value is -2.61. The zero-order chi connectivity index (χ0) is 21.4. The van der Waals surface area contributed by atoms with E-state index < -0.39 is 0 Å². The van der Waals surface area contributed by atoms with E-state index >= 15 is 0 Å². The predicted octanol–water partition coefficient (Wildman–Crippen LogP) is 3.62. The van der Waals surface area contributed by atoms with Gasteiger partial charge in [-0.2, -0.15) is 0 Å². The predicted molar refractivity (Wildman–Crippen MR) is 117 cm³/mol. The average molecular weight is 414 g/mol. The molecule has 1 aliphatic carbocycles. The minimum absolute atomic E-state index is 0.0257. The van der Waals surface area contributed by atoms with E-state index in [4.69, 9.17) is 0 Å². The summed E-state index contributed by atoms with van der Waals surface area (Å²) in [6, 6.07) is 3.70. The average Bonchev–Trinajstić information content (AvgIpc) is 3.13. The second-order valence-corrected chi connectivity index (χ2v) is 8.46. The fourth-order valence-electron chi connectivity index (χ4n) is 5.38. The summed E-state index contributed by atoms with van der Waals surface area (Å²) in [7, 11) is 0. The van der Waals surface area contributed by atoms with Gasteiger partial charge in [-0.05, 0) is 50.8 Å². The summed E-state index contributed by atoms with van der Waals surface area (Å²) in [6.07, 6.45) is 4.78. The number of carbonyl (C=O) groups is 1. The van der Waals surface area contributed by atoms with Crippen molar-refractivity contribution < 1.29 is 9.72 Å². The first-order valence-corrected chi connectivity index (χ1v) is 11.0. The molecule has 2 aromatic rings. The van der Waals surface area contributed by atoms with Gasteiger partial charge in [-0.25, -0.2) is 4.79 Å². The number of nitro groups is 1. The van der Waals surface area contributed by atoms with Gasteiger partial charge in [0.1, 0.15) is 0 Å². The van der Waals surface area contributed by atoms with Crippen molar-refractivity contribution in [3.05, 3.63) is 39.6 Å². The fourth-order valence-corrected chi connectivity index (χ4v) is 5.38. The van der Waals surface area contributed by atoms with E-state index in [9.17, 15) is 14.9 Å². The smallest absolute Gasteiger partial charge is 0.317 e. The Balaban J connectivity index is 1.70. The molecule has 1 saturated heterocycles. The number of hydrogen-bond donors (Lipinski definition) is 2. The molecule has 3 atom stereocenters. The topological polar surface area (TPSA) is 94.5 Å². The summed E-state index contributed by atoms with van der Waals surface area (Å²) < 4.78 is 0. The van der Waals surface area contributed by atoms with E-state index in [0.29, 0.717) is 19.1 Å². The molecule has 1 fully saturated rings. The Bertz CT molecular complexity index is 952. The Kier molecular flexibility index (Phi) is 5.69. The highest BCUT2D eigenvalue weighted by molar-refractivity contribution is 5.90. The molecule has 162 valence electrons. The molecule has 0 saturated carbocycles. The normalized spacial score (nSPS) is 23.2. The number of nitrogens with zero attached hydrogens (tertiary/aromatic N) is 3. The SMILES string of the molecule is CCCN1C[C@@H](NC(=O)N(CC)CC)CC2c3cc([N+](=O)[O-])cc4[nH]cc(c34)C[C@H]21. The van der Waals surface area contributed by atoms with E-state index in [1.807, 2.05) is 20.0 Å². The molecule has 30 heavy (non-hydrogen) atoms. The van der Waals surface area contributed by atoms with Gasteiger partial charge in [0.25, 0.3) is 5.69 Å². The molecule has 0 radical (unpaired) electrons. The highest BCUT2D eigenvalue weighted by Gasteiger charge is 2.41. The summed E-state index contributed by atoms with van der Waals surface area (Å²) in [5.74, 6) is 0.165. The minimum Gasteiger partial charge on any atom is -0.361 e. The number of aromatic amines is 1. The number of non-ortho nitro benzene ring substituents is 1. The molecule has 0 bridgehead atoms. The summed E-state index contributed by atoms with van der Waals surface area (Å²) in [5.41, 5.74) is 3.25. The summed E-state index contributed by atoms with van der Waals surface area (Å²) in [5, 5.41) is 15.9. The second-order valence-electron chi connectivity index (χ2n) is 8.46. The maximum Gasteiger partial charge on any atom is 0.317 e. The number of fused-ring (bicyclic) bond motifs is 2. The third kappa shape index (κ3) is 3.53. The van der Waals surface area contributed by atoms with Crippen LogP contribution >= 0.6 is 0 Å². The van der Waals surface area contributed by atoms with Crippen LogP contribution in [0.1, 0.15) is 50.7 Å².